The highest BCUT2D eigenvalue weighted by Gasteiger charge is 2.31. The number of hydrogen-bond donors (Lipinski definition) is 0. The molecule has 1 aliphatic rings. The van der Waals surface area contributed by atoms with Gasteiger partial charge in [0.05, 0.1) is 6.20 Å². The van der Waals surface area contributed by atoms with Crippen LogP contribution in [0, 0.1) is 5.82 Å². The van der Waals surface area contributed by atoms with E-state index in [0.717, 1.165) is 5.82 Å². The fraction of sp³-hybridized carbons (Fsp3) is 0.389. The van der Waals surface area contributed by atoms with Gasteiger partial charge in [0.25, 0.3) is 0 Å². The molecule has 2 aromatic rings. The summed E-state index contributed by atoms with van der Waals surface area (Å²) >= 11 is 0. The van der Waals surface area contributed by atoms with Gasteiger partial charge in [-0.15, -0.1) is 0 Å². The number of likely N-dealkylation sites (N-methyl/N-ethyl adjacent to an activating group) is 1. The number of piperazine rings is 1. The zero-order valence-electron chi connectivity index (χ0n) is 14.5. The molecule has 132 valence electrons. The molecule has 1 aromatic carbocycles. The summed E-state index contributed by atoms with van der Waals surface area (Å²) in [5.74, 6) is 0.384. The van der Waals surface area contributed by atoms with Gasteiger partial charge in [-0.05, 0) is 20.2 Å². The highest BCUT2D eigenvalue weighted by molar-refractivity contribution is 5.83. The van der Waals surface area contributed by atoms with Crippen LogP contribution < -0.4 is 4.90 Å². The lowest BCUT2D eigenvalue weighted by Gasteiger charge is -2.38. The number of carbonyl (C=O) groups is 1. The van der Waals surface area contributed by atoms with E-state index >= 15 is 0 Å². The van der Waals surface area contributed by atoms with Crippen molar-refractivity contribution >= 4 is 11.7 Å². The zero-order valence-corrected chi connectivity index (χ0v) is 14.5. The number of amides is 1. The SMILES string of the molecule is CN(C)[C@H](C(=O)N1CCN(c2cnccn2)CC1)c1ccccc1F. The van der Waals surface area contributed by atoms with Crippen LogP contribution in [0.3, 0.4) is 0 Å². The predicted octanol–water partition coefficient (Wildman–Crippen LogP) is 1.57. The van der Waals surface area contributed by atoms with Crippen LogP contribution in [0.2, 0.25) is 0 Å². The summed E-state index contributed by atoms with van der Waals surface area (Å²) in [6.07, 6.45) is 5.02. The smallest absolute Gasteiger partial charge is 0.244 e. The van der Waals surface area contributed by atoms with Crippen LogP contribution in [0.15, 0.2) is 42.9 Å². The van der Waals surface area contributed by atoms with Gasteiger partial charge in [0.15, 0.2) is 0 Å². The third kappa shape index (κ3) is 3.76. The number of benzene rings is 1. The molecule has 0 N–H and O–H groups in total. The Morgan fingerprint density at radius 2 is 1.88 bits per heavy atom. The van der Waals surface area contributed by atoms with Crippen molar-refractivity contribution in [3.63, 3.8) is 0 Å². The molecule has 0 saturated carbocycles. The van der Waals surface area contributed by atoms with Gasteiger partial charge in [-0.2, -0.15) is 0 Å². The average Bonchev–Trinajstić information content (AvgIpc) is 2.64. The second-order valence-corrected chi connectivity index (χ2v) is 6.26. The summed E-state index contributed by atoms with van der Waals surface area (Å²) < 4.78 is 14.2. The number of anilines is 1. The van der Waals surface area contributed by atoms with E-state index in [1.165, 1.54) is 6.07 Å². The van der Waals surface area contributed by atoms with Crippen molar-refractivity contribution < 1.29 is 9.18 Å². The van der Waals surface area contributed by atoms with Gasteiger partial charge in [-0.1, -0.05) is 18.2 Å². The van der Waals surface area contributed by atoms with Crippen molar-refractivity contribution in [1.29, 1.82) is 0 Å². The quantitative estimate of drug-likeness (QED) is 0.843. The van der Waals surface area contributed by atoms with Crippen LogP contribution >= 0.6 is 0 Å². The van der Waals surface area contributed by atoms with E-state index in [2.05, 4.69) is 14.9 Å². The predicted molar refractivity (Wildman–Crippen MR) is 93.7 cm³/mol. The lowest BCUT2D eigenvalue weighted by atomic mass is 10.0. The van der Waals surface area contributed by atoms with Crippen LogP contribution in [0.1, 0.15) is 11.6 Å². The van der Waals surface area contributed by atoms with E-state index in [9.17, 15) is 9.18 Å². The van der Waals surface area contributed by atoms with E-state index < -0.39 is 6.04 Å². The Labute approximate surface area is 146 Å². The van der Waals surface area contributed by atoms with Gasteiger partial charge in [-0.25, -0.2) is 9.37 Å². The van der Waals surface area contributed by atoms with Crippen molar-refractivity contribution in [2.45, 2.75) is 6.04 Å². The van der Waals surface area contributed by atoms with E-state index in [-0.39, 0.29) is 11.7 Å². The minimum Gasteiger partial charge on any atom is -0.352 e. The Bertz CT molecular complexity index is 716. The number of hydrogen-bond acceptors (Lipinski definition) is 5. The first-order valence-electron chi connectivity index (χ1n) is 8.28. The Morgan fingerprint density at radius 1 is 1.16 bits per heavy atom. The number of nitrogens with zero attached hydrogens (tertiary/aromatic N) is 5. The van der Waals surface area contributed by atoms with E-state index in [4.69, 9.17) is 0 Å². The normalized spacial score (nSPS) is 16.2. The molecule has 0 aliphatic carbocycles. The van der Waals surface area contributed by atoms with Crippen molar-refractivity contribution in [1.82, 2.24) is 19.8 Å². The molecule has 6 nitrogen and oxygen atoms in total. The summed E-state index contributed by atoms with van der Waals surface area (Å²) in [6.45, 7) is 2.52. The average molecular weight is 343 g/mol. The van der Waals surface area contributed by atoms with Gasteiger partial charge in [0, 0.05) is 44.1 Å². The second-order valence-electron chi connectivity index (χ2n) is 6.26. The Morgan fingerprint density at radius 3 is 2.48 bits per heavy atom. The molecule has 0 spiro atoms. The summed E-state index contributed by atoms with van der Waals surface area (Å²) in [5.41, 5.74) is 0.411. The summed E-state index contributed by atoms with van der Waals surface area (Å²) in [5, 5.41) is 0. The largest absolute Gasteiger partial charge is 0.352 e. The number of carbonyl (C=O) groups excluding carboxylic acids is 1. The van der Waals surface area contributed by atoms with Gasteiger partial charge < -0.3 is 9.80 Å². The first-order chi connectivity index (χ1) is 12.1. The van der Waals surface area contributed by atoms with Crippen LogP contribution in [0.25, 0.3) is 0 Å². The van der Waals surface area contributed by atoms with Gasteiger partial charge in [0.1, 0.15) is 17.7 Å². The first-order valence-corrected chi connectivity index (χ1v) is 8.28. The van der Waals surface area contributed by atoms with Gasteiger partial charge >= 0.3 is 0 Å². The molecule has 2 heterocycles. The molecule has 1 amide bonds. The van der Waals surface area contributed by atoms with E-state index in [0.29, 0.717) is 31.7 Å². The highest BCUT2D eigenvalue weighted by atomic mass is 19.1. The molecule has 1 saturated heterocycles. The summed E-state index contributed by atoms with van der Waals surface area (Å²) in [7, 11) is 3.59. The monoisotopic (exact) mass is 343 g/mol. The number of halogens is 1. The summed E-state index contributed by atoms with van der Waals surface area (Å²) in [4.78, 5) is 27.0. The van der Waals surface area contributed by atoms with E-state index in [1.54, 1.807) is 60.7 Å². The Balaban J connectivity index is 1.71. The maximum absolute atomic E-state index is 14.2. The molecule has 1 fully saturated rings. The minimum absolute atomic E-state index is 0.0751. The third-order valence-corrected chi connectivity index (χ3v) is 4.42. The van der Waals surface area contributed by atoms with Crippen LogP contribution in [-0.4, -0.2) is 65.9 Å². The summed E-state index contributed by atoms with van der Waals surface area (Å²) in [6, 6.07) is 5.84. The minimum atomic E-state index is -0.621. The topological polar surface area (TPSA) is 52.6 Å². The standard InChI is InChI=1S/C18H22FN5O/c1-22(2)17(14-5-3-4-6-15(14)19)18(25)24-11-9-23(10-12-24)16-13-20-7-8-21-16/h3-8,13,17H,9-12H2,1-2H3/t17-/m0/s1. The number of aromatic nitrogens is 2. The first kappa shape index (κ1) is 17.3. The van der Waals surface area contributed by atoms with Crippen molar-refractivity contribution in [2.24, 2.45) is 0 Å². The maximum atomic E-state index is 14.2. The molecule has 3 rings (SSSR count). The molecule has 1 aromatic heterocycles. The molecule has 7 heteroatoms. The lowest BCUT2D eigenvalue weighted by molar-refractivity contribution is -0.136. The van der Waals surface area contributed by atoms with Crippen LogP contribution in [0.5, 0.6) is 0 Å². The Kier molecular flexibility index (Phi) is 5.23. The van der Waals surface area contributed by atoms with Crippen molar-refractivity contribution in [2.75, 3.05) is 45.2 Å². The van der Waals surface area contributed by atoms with Gasteiger partial charge in [-0.3, -0.25) is 14.7 Å². The van der Waals surface area contributed by atoms with Crippen LogP contribution in [-0.2, 0) is 4.79 Å². The van der Waals surface area contributed by atoms with E-state index in [1.807, 2.05) is 0 Å². The maximum Gasteiger partial charge on any atom is 0.244 e. The molecule has 0 radical (unpaired) electrons. The van der Waals surface area contributed by atoms with Crippen molar-refractivity contribution in [3.8, 4) is 0 Å². The molecule has 0 unspecified atom stereocenters. The van der Waals surface area contributed by atoms with Crippen LogP contribution in [0.4, 0.5) is 10.2 Å². The molecular weight excluding hydrogens is 321 g/mol. The molecule has 1 aliphatic heterocycles. The molecule has 0 bridgehead atoms. The second kappa shape index (κ2) is 7.57. The molecule has 1 atom stereocenters. The lowest BCUT2D eigenvalue weighted by Crippen LogP contribution is -2.51. The Hall–Kier alpha value is -2.54. The highest BCUT2D eigenvalue weighted by Crippen LogP contribution is 2.24. The zero-order chi connectivity index (χ0) is 17.8. The van der Waals surface area contributed by atoms with Crippen molar-refractivity contribution in [3.05, 3.63) is 54.2 Å². The fourth-order valence-corrected chi connectivity index (χ4v) is 3.11. The van der Waals surface area contributed by atoms with Gasteiger partial charge in [0.2, 0.25) is 5.91 Å². The third-order valence-electron chi connectivity index (χ3n) is 4.42. The fourth-order valence-electron chi connectivity index (χ4n) is 3.11. The molecule has 25 heavy (non-hydrogen) atoms. The molecular formula is C18H22FN5O. The number of rotatable bonds is 4.